The minimum Gasteiger partial charge on any atom is -0.497 e. The second-order valence-electron chi connectivity index (χ2n) is 6.27. The number of nitrogens with two attached hydrogens (primary N) is 1. The van der Waals surface area contributed by atoms with E-state index in [9.17, 15) is 15.8 Å². The van der Waals surface area contributed by atoms with Crippen molar-refractivity contribution in [1.82, 2.24) is 0 Å². The van der Waals surface area contributed by atoms with Crippen molar-refractivity contribution in [1.29, 1.82) is 15.8 Å². The molecule has 2 aromatic rings. The molecule has 1 unspecified atom stereocenters. The van der Waals surface area contributed by atoms with Crippen molar-refractivity contribution in [2.24, 2.45) is 11.1 Å². The largest absolute Gasteiger partial charge is 0.497 e. The summed E-state index contributed by atoms with van der Waals surface area (Å²) in [4.78, 5) is 0. The molecule has 5 nitrogen and oxygen atoms in total. The average Bonchev–Trinajstić information content (AvgIpc) is 2.74. The highest BCUT2D eigenvalue weighted by Crippen LogP contribution is 2.49. The maximum absolute atomic E-state index is 9.89. The number of ether oxygens (including phenoxy) is 1. The molecule has 0 aromatic heterocycles. The van der Waals surface area contributed by atoms with Crippen molar-refractivity contribution in [3.8, 4) is 24.0 Å². The molecule has 0 saturated carbocycles. The van der Waals surface area contributed by atoms with Crippen molar-refractivity contribution in [2.45, 2.75) is 5.92 Å². The molecular formula is C22H15BrN4O. The number of allylic oxidation sites excluding steroid dienone is 4. The van der Waals surface area contributed by atoms with Crippen LogP contribution in [0.15, 0.2) is 70.3 Å². The second-order valence-corrected chi connectivity index (χ2v) is 7.19. The van der Waals surface area contributed by atoms with Crippen LogP contribution in [0.1, 0.15) is 17.0 Å². The zero-order chi connectivity index (χ0) is 20.3. The minimum absolute atomic E-state index is 0.0266. The van der Waals surface area contributed by atoms with Crippen molar-refractivity contribution in [3.63, 3.8) is 0 Å². The van der Waals surface area contributed by atoms with Crippen LogP contribution < -0.4 is 10.5 Å². The lowest BCUT2D eigenvalue weighted by atomic mass is 9.65. The highest BCUT2D eigenvalue weighted by Gasteiger charge is 2.47. The van der Waals surface area contributed by atoms with E-state index in [1.807, 2.05) is 24.3 Å². The summed E-state index contributed by atoms with van der Waals surface area (Å²) in [5.41, 5.74) is 6.85. The van der Waals surface area contributed by atoms with Crippen LogP contribution in [0.3, 0.4) is 0 Å². The van der Waals surface area contributed by atoms with Gasteiger partial charge in [-0.25, -0.2) is 0 Å². The molecule has 6 heteroatoms. The molecule has 0 fully saturated rings. The van der Waals surface area contributed by atoms with Gasteiger partial charge in [0.2, 0.25) is 0 Å². The summed E-state index contributed by atoms with van der Waals surface area (Å²) in [7, 11) is 1.57. The highest BCUT2D eigenvalue weighted by molar-refractivity contribution is 9.10. The van der Waals surface area contributed by atoms with Gasteiger partial charge >= 0.3 is 0 Å². The lowest BCUT2D eigenvalue weighted by Gasteiger charge is -2.33. The molecule has 1 aliphatic carbocycles. The third-order valence-corrected chi connectivity index (χ3v) is 5.39. The molecule has 1 aliphatic rings. The van der Waals surface area contributed by atoms with E-state index >= 15 is 0 Å². The Morgan fingerprint density at radius 3 is 2.11 bits per heavy atom. The van der Waals surface area contributed by atoms with E-state index in [1.165, 1.54) is 0 Å². The molecule has 3 rings (SSSR count). The summed E-state index contributed by atoms with van der Waals surface area (Å²) in [6, 6.07) is 20.8. The van der Waals surface area contributed by atoms with Crippen LogP contribution >= 0.6 is 15.9 Å². The van der Waals surface area contributed by atoms with Crippen molar-refractivity contribution < 1.29 is 4.74 Å². The third kappa shape index (κ3) is 3.03. The smallest absolute Gasteiger partial charge is 0.194 e. The first-order chi connectivity index (χ1) is 13.5. The molecule has 1 atom stereocenters. The first-order valence-electron chi connectivity index (χ1n) is 8.35. The van der Waals surface area contributed by atoms with Gasteiger partial charge in [-0.1, -0.05) is 46.3 Å². The normalized spacial score (nSPS) is 17.7. The van der Waals surface area contributed by atoms with Gasteiger partial charge in [0, 0.05) is 10.4 Å². The fourth-order valence-corrected chi connectivity index (χ4v) is 3.58. The molecule has 0 heterocycles. The lowest BCUT2D eigenvalue weighted by Crippen LogP contribution is -2.35. The summed E-state index contributed by atoms with van der Waals surface area (Å²) in [5, 5.41) is 29.5. The van der Waals surface area contributed by atoms with Crippen molar-refractivity contribution in [2.75, 3.05) is 7.11 Å². The second kappa shape index (κ2) is 7.61. The van der Waals surface area contributed by atoms with Crippen molar-refractivity contribution >= 4 is 21.5 Å². The minimum atomic E-state index is -1.67. The van der Waals surface area contributed by atoms with Gasteiger partial charge in [-0.2, -0.15) is 15.8 Å². The van der Waals surface area contributed by atoms with Gasteiger partial charge in [0.1, 0.15) is 11.8 Å². The van der Waals surface area contributed by atoms with Gasteiger partial charge in [-0.15, -0.1) is 0 Å². The standard InChI is InChI=1S/C22H15BrN4O/c1-28-17-8-4-15(5-9-17)20-10-18(14-2-6-16(23)7-3-14)19(11-24)21(27)22(20,12-25)13-26/h2-10,20H,27H2,1H3. The van der Waals surface area contributed by atoms with Crippen LogP contribution in [0.2, 0.25) is 0 Å². The molecule has 28 heavy (non-hydrogen) atoms. The summed E-state index contributed by atoms with van der Waals surface area (Å²) >= 11 is 3.40. The van der Waals surface area contributed by atoms with Gasteiger partial charge in [-0.3, -0.25) is 0 Å². The Labute approximate surface area is 171 Å². The Morgan fingerprint density at radius 2 is 1.61 bits per heavy atom. The van der Waals surface area contributed by atoms with Crippen LogP contribution in [0.5, 0.6) is 5.75 Å². The average molecular weight is 431 g/mol. The predicted octanol–water partition coefficient (Wildman–Crippen LogP) is 4.41. The summed E-state index contributed by atoms with van der Waals surface area (Å²) < 4.78 is 6.09. The molecule has 0 amide bonds. The molecule has 2 N–H and O–H groups in total. The first-order valence-corrected chi connectivity index (χ1v) is 9.15. The van der Waals surface area contributed by atoms with Crippen LogP contribution in [0, 0.1) is 39.4 Å². The summed E-state index contributed by atoms with van der Waals surface area (Å²) in [5.74, 6) is 0.0292. The van der Waals surface area contributed by atoms with Crippen LogP contribution in [-0.4, -0.2) is 7.11 Å². The zero-order valence-corrected chi connectivity index (χ0v) is 16.6. The molecular weight excluding hydrogens is 416 g/mol. The fraction of sp³-hybridized carbons (Fsp3) is 0.136. The van der Waals surface area contributed by atoms with Gasteiger partial charge in [-0.05, 0) is 41.0 Å². The quantitative estimate of drug-likeness (QED) is 0.775. The third-order valence-electron chi connectivity index (χ3n) is 4.86. The Bertz CT molecular complexity index is 1080. The van der Waals surface area contributed by atoms with Gasteiger partial charge < -0.3 is 10.5 Å². The van der Waals surface area contributed by atoms with Crippen LogP contribution in [0.25, 0.3) is 5.57 Å². The Hall–Kier alpha value is -3.53. The number of halogens is 1. The van der Waals surface area contributed by atoms with Gasteiger partial charge in [0.05, 0.1) is 30.5 Å². The maximum atomic E-state index is 9.89. The van der Waals surface area contributed by atoms with E-state index in [0.717, 1.165) is 15.6 Å². The highest BCUT2D eigenvalue weighted by atomic mass is 79.9. The number of nitrogens with zero attached hydrogens (tertiary/aromatic N) is 3. The number of methoxy groups -OCH3 is 1. The number of nitriles is 3. The topological polar surface area (TPSA) is 107 Å². The molecule has 0 saturated heterocycles. The number of rotatable bonds is 3. The SMILES string of the molecule is COc1ccc(C2C=C(c3ccc(Br)cc3)C(C#N)=C(N)C2(C#N)C#N)cc1. The van der Waals surface area contributed by atoms with Crippen LogP contribution in [0.4, 0.5) is 0 Å². The van der Waals surface area contributed by atoms with E-state index in [1.54, 1.807) is 37.5 Å². The number of hydrogen-bond donors (Lipinski definition) is 1. The first kappa shape index (κ1) is 19.2. The molecule has 136 valence electrons. The van der Waals surface area contributed by atoms with E-state index in [2.05, 4.69) is 34.1 Å². The summed E-state index contributed by atoms with van der Waals surface area (Å²) in [6.45, 7) is 0. The molecule has 0 bridgehead atoms. The summed E-state index contributed by atoms with van der Waals surface area (Å²) in [6.07, 6.45) is 1.78. The zero-order valence-electron chi connectivity index (χ0n) is 15.0. The van der Waals surface area contributed by atoms with Gasteiger partial charge in [0.15, 0.2) is 5.41 Å². The van der Waals surface area contributed by atoms with Crippen LogP contribution in [-0.2, 0) is 0 Å². The van der Waals surface area contributed by atoms with E-state index in [4.69, 9.17) is 10.5 Å². The number of benzene rings is 2. The molecule has 0 spiro atoms. The van der Waals surface area contributed by atoms with E-state index in [0.29, 0.717) is 11.3 Å². The van der Waals surface area contributed by atoms with Crippen molar-refractivity contribution in [3.05, 3.63) is 81.5 Å². The Morgan fingerprint density at radius 1 is 1.00 bits per heavy atom. The fourth-order valence-electron chi connectivity index (χ4n) is 3.32. The Kier molecular flexibility index (Phi) is 5.23. The Balaban J connectivity index is 2.26. The van der Waals surface area contributed by atoms with Gasteiger partial charge in [0.25, 0.3) is 0 Å². The maximum Gasteiger partial charge on any atom is 0.194 e. The monoisotopic (exact) mass is 430 g/mol. The predicted molar refractivity (Wildman–Crippen MR) is 108 cm³/mol. The number of hydrogen-bond acceptors (Lipinski definition) is 5. The lowest BCUT2D eigenvalue weighted by molar-refractivity contribution is 0.414. The molecule has 2 aromatic carbocycles. The molecule has 0 radical (unpaired) electrons. The van der Waals surface area contributed by atoms with E-state index < -0.39 is 11.3 Å². The molecule has 0 aliphatic heterocycles. The van der Waals surface area contributed by atoms with E-state index in [-0.39, 0.29) is 11.3 Å².